The van der Waals surface area contributed by atoms with E-state index in [1.54, 1.807) is 0 Å². The maximum Gasteiger partial charge on any atom is 0.222 e. The molecule has 0 aliphatic carbocycles. The summed E-state index contributed by atoms with van der Waals surface area (Å²) in [6.07, 6.45) is 1.15. The van der Waals surface area contributed by atoms with E-state index < -0.39 is 6.04 Å². The Balaban J connectivity index is 0.00000320. The summed E-state index contributed by atoms with van der Waals surface area (Å²) < 4.78 is 5.68. The number of rotatable bonds is 8. The zero-order valence-electron chi connectivity index (χ0n) is 17.4. The molecule has 0 aromatic heterocycles. The van der Waals surface area contributed by atoms with Gasteiger partial charge in [0, 0.05) is 25.1 Å². The molecule has 30 heavy (non-hydrogen) atoms. The van der Waals surface area contributed by atoms with Crippen LogP contribution in [0.15, 0.2) is 48.5 Å². The second kappa shape index (κ2) is 11.6. The Hall–Kier alpha value is -2.57. The summed E-state index contributed by atoms with van der Waals surface area (Å²) in [6, 6.07) is 15.5. The van der Waals surface area contributed by atoms with Crippen LogP contribution in [0.4, 0.5) is 0 Å². The van der Waals surface area contributed by atoms with Crippen molar-refractivity contribution in [2.75, 3.05) is 19.7 Å². The number of halogens is 1. The monoisotopic (exact) mass is 431 g/mol. The number of fused-ring (bicyclic) bond motifs is 1. The van der Waals surface area contributed by atoms with Crippen LogP contribution < -0.4 is 20.7 Å². The number of carbonyl (C=O) groups is 2. The minimum atomic E-state index is -0.443. The van der Waals surface area contributed by atoms with Crippen LogP contribution in [0.3, 0.4) is 0 Å². The summed E-state index contributed by atoms with van der Waals surface area (Å²) in [5.74, 6) is 0.390. The fourth-order valence-corrected chi connectivity index (χ4v) is 3.79. The molecule has 3 N–H and O–H groups in total. The van der Waals surface area contributed by atoms with Crippen LogP contribution in [-0.2, 0) is 16.0 Å². The van der Waals surface area contributed by atoms with Gasteiger partial charge in [-0.15, -0.1) is 12.4 Å². The molecule has 0 fully saturated rings. The normalized spacial score (nSPS) is 15.9. The fourth-order valence-electron chi connectivity index (χ4n) is 3.79. The van der Waals surface area contributed by atoms with E-state index in [2.05, 4.69) is 28.1 Å². The van der Waals surface area contributed by atoms with E-state index in [0.717, 1.165) is 18.5 Å². The Morgan fingerprint density at radius 3 is 2.67 bits per heavy atom. The zero-order chi connectivity index (χ0) is 20.6. The molecular formula is C23H30ClN3O3. The van der Waals surface area contributed by atoms with Crippen molar-refractivity contribution in [3.63, 3.8) is 0 Å². The van der Waals surface area contributed by atoms with Crippen LogP contribution in [0.25, 0.3) is 0 Å². The van der Waals surface area contributed by atoms with Gasteiger partial charge in [0.1, 0.15) is 5.75 Å². The van der Waals surface area contributed by atoms with E-state index in [1.165, 1.54) is 18.1 Å². The van der Waals surface area contributed by atoms with Gasteiger partial charge in [0.2, 0.25) is 11.8 Å². The lowest BCUT2D eigenvalue weighted by atomic mass is 9.94. The summed E-state index contributed by atoms with van der Waals surface area (Å²) in [5, 5.41) is 9.38. The van der Waals surface area contributed by atoms with Crippen molar-refractivity contribution in [3.05, 3.63) is 65.2 Å². The third kappa shape index (κ3) is 6.21. The molecule has 2 amide bonds. The predicted octanol–water partition coefficient (Wildman–Crippen LogP) is 3.08. The third-order valence-electron chi connectivity index (χ3n) is 5.08. The molecule has 2 unspecified atom stereocenters. The Bertz CT molecular complexity index is 859. The molecule has 162 valence electrons. The van der Waals surface area contributed by atoms with E-state index in [1.807, 2.05) is 43.3 Å². The van der Waals surface area contributed by atoms with Gasteiger partial charge < -0.3 is 20.7 Å². The van der Waals surface area contributed by atoms with Gasteiger partial charge in [0.25, 0.3) is 0 Å². The standard InChI is InChI=1S/C23H29N3O3.ClH/c1-3-29-22-11-7-6-10-19(22)20(26-16(2)27)14-23(28)25-15-21-18-9-5-4-8-17(18)12-13-24-21;/h4-11,20-21,24H,3,12-15H2,1-2H3,(H,25,28)(H,26,27);1H. The van der Waals surface area contributed by atoms with Gasteiger partial charge in [-0.25, -0.2) is 0 Å². The van der Waals surface area contributed by atoms with Crippen molar-refractivity contribution >= 4 is 24.2 Å². The number of hydrogen-bond donors (Lipinski definition) is 3. The Morgan fingerprint density at radius 2 is 1.90 bits per heavy atom. The van der Waals surface area contributed by atoms with Crippen molar-refractivity contribution in [1.29, 1.82) is 0 Å². The average molecular weight is 432 g/mol. The van der Waals surface area contributed by atoms with Crippen molar-refractivity contribution < 1.29 is 14.3 Å². The first-order valence-electron chi connectivity index (χ1n) is 10.1. The smallest absolute Gasteiger partial charge is 0.222 e. The van der Waals surface area contributed by atoms with Gasteiger partial charge in [0.15, 0.2) is 0 Å². The minimum Gasteiger partial charge on any atom is -0.494 e. The lowest BCUT2D eigenvalue weighted by Crippen LogP contribution is -2.40. The van der Waals surface area contributed by atoms with Crippen molar-refractivity contribution in [2.45, 2.75) is 38.8 Å². The first kappa shape index (κ1) is 23.7. The van der Waals surface area contributed by atoms with Crippen molar-refractivity contribution in [2.24, 2.45) is 0 Å². The van der Waals surface area contributed by atoms with Gasteiger partial charge in [-0.2, -0.15) is 0 Å². The Kier molecular flexibility index (Phi) is 9.15. The summed E-state index contributed by atoms with van der Waals surface area (Å²) in [6.45, 7) is 5.29. The molecule has 1 aliphatic heterocycles. The Morgan fingerprint density at radius 1 is 1.17 bits per heavy atom. The Labute approximate surface area is 184 Å². The van der Waals surface area contributed by atoms with E-state index in [-0.39, 0.29) is 36.7 Å². The third-order valence-corrected chi connectivity index (χ3v) is 5.08. The van der Waals surface area contributed by atoms with Crippen LogP contribution in [0, 0.1) is 0 Å². The van der Waals surface area contributed by atoms with Crippen molar-refractivity contribution in [3.8, 4) is 5.75 Å². The molecule has 2 aromatic carbocycles. The molecule has 0 bridgehead atoms. The lowest BCUT2D eigenvalue weighted by molar-refractivity contribution is -0.122. The largest absolute Gasteiger partial charge is 0.494 e. The SMILES string of the molecule is CCOc1ccccc1C(CC(=O)NCC1NCCc2ccccc21)NC(C)=O.Cl. The second-order valence-corrected chi connectivity index (χ2v) is 7.19. The quantitative estimate of drug-likeness (QED) is 0.600. The summed E-state index contributed by atoms with van der Waals surface area (Å²) >= 11 is 0. The average Bonchev–Trinajstić information content (AvgIpc) is 2.72. The van der Waals surface area contributed by atoms with E-state index in [4.69, 9.17) is 4.74 Å². The van der Waals surface area contributed by atoms with Gasteiger partial charge in [-0.3, -0.25) is 9.59 Å². The molecule has 1 heterocycles. The highest BCUT2D eigenvalue weighted by Gasteiger charge is 2.23. The number of benzene rings is 2. The van der Waals surface area contributed by atoms with Crippen LogP contribution >= 0.6 is 12.4 Å². The van der Waals surface area contributed by atoms with E-state index in [9.17, 15) is 9.59 Å². The number of carbonyl (C=O) groups excluding carboxylic acids is 2. The molecular weight excluding hydrogens is 402 g/mol. The maximum absolute atomic E-state index is 12.7. The fraction of sp³-hybridized carbons (Fsp3) is 0.391. The molecule has 2 aromatic rings. The molecule has 6 nitrogen and oxygen atoms in total. The predicted molar refractivity (Wildman–Crippen MR) is 120 cm³/mol. The molecule has 1 aliphatic rings. The first-order valence-corrected chi connectivity index (χ1v) is 10.1. The van der Waals surface area contributed by atoms with Crippen LogP contribution in [0.1, 0.15) is 49.0 Å². The number of ether oxygens (including phenoxy) is 1. The second-order valence-electron chi connectivity index (χ2n) is 7.19. The van der Waals surface area contributed by atoms with Gasteiger partial charge in [-0.05, 0) is 37.1 Å². The summed E-state index contributed by atoms with van der Waals surface area (Å²) in [4.78, 5) is 24.4. The van der Waals surface area contributed by atoms with E-state index in [0.29, 0.717) is 18.9 Å². The number of amides is 2. The lowest BCUT2D eigenvalue weighted by Gasteiger charge is -2.27. The highest BCUT2D eigenvalue weighted by atomic mass is 35.5. The topological polar surface area (TPSA) is 79.5 Å². The first-order chi connectivity index (χ1) is 14.1. The highest BCUT2D eigenvalue weighted by Crippen LogP contribution is 2.28. The molecule has 0 saturated carbocycles. The van der Waals surface area contributed by atoms with Crippen LogP contribution in [0.2, 0.25) is 0 Å². The van der Waals surface area contributed by atoms with Crippen molar-refractivity contribution in [1.82, 2.24) is 16.0 Å². The molecule has 0 saturated heterocycles. The summed E-state index contributed by atoms with van der Waals surface area (Å²) in [5.41, 5.74) is 3.37. The molecule has 2 atom stereocenters. The number of hydrogen-bond acceptors (Lipinski definition) is 4. The maximum atomic E-state index is 12.7. The minimum absolute atomic E-state index is 0. The number of para-hydroxylation sites is 1. The van der Waals surface area contributed by atoms with Gasteiger partial charge in [0.05, 0.1) is 19.1 Å². The van der Waals surface area contributed by atoms with Crippen LogP contribution in [0.5, 0.6) is 5.75 Å². The molecule has 7 heteroatoms. The zero-order valence-corrected chi connectivity index (χ0v) is 18.3. The van der Waals surface area contributed by atoms with Crippen LogP contribution in [-0.4, -0.2) is 31.5 Å². The van der Waals surface area contributed by atoms with E-state index >= 15 is 0 Å². The van der Waals surface area contributed by atoms with Gasteiger partial charge in [-0.1, -0.05) is 42.5 Å². The molecule has 0 radical (unpaired) electrons. The molecule has 3 rings (SSSR count). The highest BCUT2D eigenvalue weighted by molar-refractivity contribution is 5.85. The number of nitrogens with one attached hydrogen (secondary N) is 3. The molecule has 0 spiro atoms. The summed E-state index contributed by atoms with van der Waals surface area (Å²) in [7, 11) is 0. The van der Waals surface area contributed by atoms with Gasteiger partial charge >= 0.3 is 0 Å².